The van der Waals surface area contributed by atoms with E-state index in [-0.39, 0.29) is 0 Å². The molecule has 14 heteroatoms. The molecule has 0 bridgehead atoms. The maximum absolute atomic E-state index is 11.5. The first-order valence-corrected chi connectivity index (χ1v) is 19.7. The summed E-state index contributed by atoms with van der Waals surface area (Å²) >= 11 is 0. The number of quaternary nitrogens is 1. The Hall–Kier alpha value is -0.210. The van der Waals surface area contributed by atoms with Crippen molar-refractivity contribution in [3.63, 3.8) is 0 Å². The van der Waals surface area contributed by atoms with Gasteiger partial charge in [-0.05, 0) is 51.4 Å². The molecule has 0 rings (SSSR count). The Bertz CT molecular complexity index is 737. The molecule has 0 heterocycles. The molecule has 0 aromatic carbocycles. The summed E-state index contributed by atoms with van der Waals surface area (Å²) in [6.07, 6.45) is 22.8. The Kier molecular flexibility index (Phi) is 22.5. The van der Waals surface area contributed by atoms with Crippen LogP contribution in [0.5, 0.6) is 0 Å². The molecule has 0 atom stereocenters. The van der Waals surface area contributed by atoms with Crippen molar-refractivity contribution < 1.29 is 47.7 Å². The third-order valence-electron chi connectivity index (χ3n) is 6.73. The molecule has 0 aliphatic rings. The standard InChI is InChI=1S/C24H52N.C2F6O4S3/c1-5-9-13-17-21-25(22-18-14-10-6-2,23-19-15-11-7-3)24-20-16-12-8-4;3-1(4,5)14(9,10)13-15(11,12)2(6,7)8/h5-24H2,1-4H3;/q+1;/p+1. The fourth-order valence-electron chi connectivity index (χ4n) is 4.38. The molecule has 0 aliphatic carbocycles. The van der Waals surface area contributed by atoms with Gasteiger partial charge in [-0.15, -0.1) is 0 Å². The van der Waals surface area contributed by atoms with Gasteiger partial charge in [0.25, 0.3) is 0 Å². The lowest BCUT2D eigenvalue weighted by atomic mass is 10.1. The monoisotopic (exact) mass is 653 g/mol. The molecule has 0 radical (unpaired) electrons. The van der Waals surface area contributed by atoms with E-state index in [0.29, 0.717) is 0 Å². The van der Waals surface area contributed by atoms with E-state index in [2.05, 4.69) is 27.7 Å². The van der Waals surface area contributed by atoms with Gasteiger partial charge < -0.3 is 4.48 Å². The minimum atomic E-state index is -6.37. The molecule has 244 valence electrons. The molecular formula is C26H53F6NO4S3+2. The van der Waals surface area contributed by atoms with Crippen molar-refractivity contribution >= 4 is 27.6 Å². The van der Waals surface area contributed by atoms with Crippen molar-refractivity contribution in [2.75, 3.05) is 26.2 Å². The van der Waals surface area contributed by atoms with Crippen molar-refractivity contribution in [2.24, 2.45) is 0 Å². The van der Waals surface area contributed by atoms with Crippen LogP contribution >= 0.6 is 0 Å². The van der Waals surface area contributed by atoms with Crippen LogP contribution in [0.3, 0.4) is 0 Å². The minimum absolute atomic E-state index is 1.36. The number of alkyl halides is 6. The number of rotatable bonds is 22. The average molecular weight is 654 g/mol. The molecule has 40 heavy (non-hydrogen) atoms. The summed E-state index contributed by atoms with van der Waals surface area (Å²) in [6, 6.07) is 0. The lowest BCUT2D eigenvalue weighted by Crippen LogP contribution is -2.50. The van der Waals surface area contributed by atoms with Gasteiger partial charge in [0.15, 0.2) is 0 Å². The first-order valence-electron chi connectivity index (χ1n) is 14.7. The predicted octanol–water partition coefficient (Wildman–Crippen LogP) is 8.62. The van der Waals surface area contributed by atoms with E-state index in [1.165, 1.54) is 133 Å². The van der Waals surface area contributed by atoms with Gasteiger partial charge in [-0.1, -0.05) is 79.1 Å². The Balaban J connectivity index is 0. The summed E-state index contributed by atoms with van der Waals surface area (Å²) in [5.74, 6) is 0. The zero-order valence-electron chi connectivity index (χ0n) is 24.8. The van der Waals surface area contributed by atoms with Crippen LogP contribution in [0.15, 0.2) is 0 Å². The summed E-state index contributed by atoms with van der Waals surface area (Å²) in [5.41, 5.74) is -12.1. The number of hydrogen-bond donors (Lipinski definition) is 0. The van der Waals surface area contributed by atoms with Gasteiger partial charge in [0.1, 0.15) is 0 Å². The van der Waals surface area contributed by atoms with E-state index in [9.17, 15) is 43.2 Å². The number of thiol groups is 1. The van der Waals surface area contributed by atoms with Crippen molar-refractivity contribution in [2.45, 2.75) is 141 Å². The highest BCUT2D eigenvalue weighted by atomic mass is 33.5. The van der Waals surface area contributed by atoms with Crippen molar-refractivity contribution in [1.82, 2.24) is 0 Å². The van der Waals surface area contributed by atoms with Gasteiger partial charge in [-0.25, -0.2) is 0 Å². The van der Waals surface area contributed by atoms with Crippen LogP contribution in [-0.2, 0) is 27.6 Å². The van der Waals surface area contributed by atoms with Crippen LogP contribution in [0, 0.1) is 0 Å². The zero-order valence-corrected chi connectivity index (χ0v) is 27.3. The number of hydrogen-bond acceptors (Lipinski definition) is 4. The smallest absolute Gasteiger partial charge is 0.324 e. The summed E-state index contributed by atoms with van der Waals surface area (Å²) in [7, 11) is -15.5. The molecule has 0 aromatic rings. The molecule has 0 N–H and O–H groups in total. The maximum atomic E-state index is 11.5. The average Bonchev–Trinajstić information content (AvgIpc) is 2.83. The van der Waals surface area contributed by atoms with Crippen LogP contribution in [-0.4, -0.2) is 58.5 Å². The van der Waals surface area contributed by atoms with E-state index in [1.807, 2.05) is 0 Å². The Morgan fingerprint density at radius 1 is 0.450 bits per heavy atom. The van der Waals surface area contributed by atoms with Gasteiger partial charge in [0.2, 0.25) is 9.83 Å². The SMILES string of the molecule is CCCCCC[N+](CCCCCC)(CCCCCC)CCCCCC.O=S(=O)([SH+]S(=O)(=O)C(F)(F)F)C(F)(F)F. The molecule has 0 saturated heterocycles. The highest BCUT2D eigenvalue weighted by Crippen LogP contribution is 2.32. The summed E-state index contributed by atoms with van der Waals surface area (Å²) in [4.78, 5) is 0. The topological polar surface area (TPSA) is 68.3 Å². The Labute approximate surface area is 242 Å². The predicted molar refractivity (Wildman–Crippen MR) is 155 cm³/mol. The highest BCUT2D eigenvalue weighted by molar-refractivity contribution is 8.94. The van der Waals surface area contributed by atoms with E-state index in [4.69, 9.17) is 0 Å². The van der Waals surface area contributed by atoms with Gasteiger partial charge in [-0.2, -0.15) is 43.2 Å². The molecular weight excluding hydrogens is 600 g/mol. The molecule has 0 unspecified atom stereocenters. The lowest BCUT2D eigenvalue weighted by molar-refractivity contribution is -0.929. The molecule has 0 amide bonds. The second-order valence-corrected chi connectivity index (χ2v) is 18.0. The van der Waals surface area contributed by atoms with Gasteiger partial charge in [0, 0.05) is 0 Å². The van der Waals surface area contributed by atoms with Crippen LogP contribution in [0.25, 0.3) is 0 Å². The quantitative estimate of drug-likeness (QED) is 0.0293. The van der Waals surface area contributed by atoms with E-state index in [1.54, 1.807) is 0 Å². The molecule has 0 aromatic heterocycles. The fourth-order valence-corrected chi connectivity index (χ4v) is 9.94. The van der Waals surface area contributed by atoms with Crippen molar-refractivity contribution in [1.29, 1.82) is 0 Å². The van der Waals surface area contributed by atoms with Gasteiger partial charge >= 0.3 is 28.8 Å². The van der Waals surface area contributed by atoms with Crippen LogP contribution in [0.1, 0.15) is 130 Å². The van der Waals surface area contributed by atoms with Crippen LogP contribution in [0.4, 0.5) is 26.3 Å². The summed E-state index contributed by atoms with van der Waals surface area (Å²) in [5, 5.41) is 0. The largest absolute Gasteiger partial charge is 0.545 e. The number of halogens is 6. The fraction of sp³-hybridized carbons (Fsp3) is 1.00. The lowest BCUT2D eigenvalue weighted by Gasteiger charge is -2.39. The Morgan fingerprint density at radius 3 is 0.850 bits per heavy atom. The van der Waals surface area contributed by atoms with E-state index >= 15 is 0 Å². The first kappa shape index (κ1) is 41.9. The van der Waals surface area contributed by atoms with Crippen molar-refractivity contribution in [3.05, 3.63) is 0 Å². The normalized spacial score (nSPS) is 13.2. The maximum Gasteiger partial charge on any atom is 0.545 e. The summed E-state index contributed by atoms with van der Waals surface area (Å²) in [6.45, 7) is 15.2. The molecule has 0 fully saturated rings. The van der Waals surface area contributed by atoms with Crippen LogP contribution in [0.2, 0.25) is 0 Å². The molecule has 0 spiro atoms. The molecule has 0 aliphatic heterocycles. The number of nitrogens with zero attached hydrogens (tertiary/aromatic N) is 1. The highest BCUT2D eigenvalue weighted by Gasteiger charge is 2.63. The third kappa shape index (κ3) is 19.1. The zero-order chi connectivity index (χ0) is 31.3. The van der Waals surface area contributed by atoms with E-state index < -0.39 is 38.6 Å². The van der Waals surface area contributed by atoms with Gasteiger partial charge in [-0.3, -0.25) is 0 Å². The van der Waals surface area contributed by atoms with Crippen LogP contribution < -0.4 is 0 Å². The van der Waals surface area contributed by atoms with Crippen molar-refractivity contribution in [3.8, 4) is 0 Å². The molecule has 0 saturated carbocycles. The Morgan fingerprint density at radius 2 is 0.675 bits per heavy atom. The first-order chi connectivity index (χ1) is 18.4. The second kappa shape index (κ2) is 21.5. The number of unbranched alkanes of at least 4 members (excludes halogenated alkanes) is 12. The summed E-state index contributed by atoms with van der Waals surface area (Å²) < 4.78 is 111. The van der Waals surface area contributed by atoms with Gasteiger partial charge in [0.05, 0.1) is 26.2 Å². The molecule has 5 nitrogen and oxygen atoms in total. The minimum Gasteiger partial charge on any atom is -0.324 e. The second-order valence-electron chi connectivity index (χ2n) is 10.4. The third-order valence-corrected chi connectivity index (χ3v) is 14.2. The van der Waals surface area contributed by atoms with E-state index in [0.717, 1.165) is 0 Å².